The molecule has 1 aliphatic rings. The summed E-state index contributed by atoms with van der Waals surface area (Å²) in [6.45, 7) is 2.03. The maximum atomic E-state index is 13.3. The maximum absolute atomic E-state index is 13.3. The number of aryl methyl sites for hydroxylation is 1. The zero-order valence-electron chi connectivity index (χ0n) is 21.7. The van der Waals surface area contributed by atoms with Gasteiger partial charge in [0.25, 0.3) is 5.56 Å². The highest BCUT2D eigenvalue weighted by molar-refractivity contribution is 5.97. The molecule has 9 nitrogen and oxygen atoms in total. The minimum atomic E-state index is -0.377. The molecule has 10 heteroatoms. The zero-order chi connectivity index (χ0) is 26.5. The van der Waals surface area contributed by atoms with Crippen LogP contribution in [0.5, 0.6) is 0 Å². The van der Waals surface area contributed by atoms with E-state index in [0.717, 1.165) is 36.9 Å². The summed E-state index contributed by atoms with van der Waals surface area (Å²) in [4.78, 5) is 44.7. The fraction of sp³-hybridized carbons (Fsp3) is 0.393. The van der Waals surface area contributed by atoms with Crippen LogP contribution in [0.2, 0.25) is 0 Å². The molecule has 4 rings (SSSR count). The predicted octanol–water partition coefficient (Wildman–Crippen LogP) is 3.85. The molecular formula is C28H34ClN5O4. The number of amides is 1. The van der Waals surface area contributed by atoms with Crippen molar-refractivity contribution in [2.24, 2.45) is 12.8 Å². The first kappa shape index (κ1) is 28.8. The number of carbonyl (C=O) groups is 2. The Labute approximate surface area is 227 Å². The molecule has 1 saturated carbocycles. The minimum absolute atomic E-state index is 0. The fourth-order valence-electron chi connectivity index (χ4n) is 4.93. The first-order valence-electron chi connectivity index (χ1n) is 12.7. The standard InChI is InChI=1S/C28H33N5O4.ClH/c1-3-37-26(35)15-14-25(34)33(20-6-4-5-7-20)21-12-13-24-22(17-21)31-23(28(36)32(24)2)16-18-8-10-19(11-9-18)27(29)30;/h8-13,17,20H,3-7,14-16H2,1-2H3,(H3,29,30);1H. The number of fused-ring (bicyclic) bond motifs is 1. The number of carbonyl (C=O) groups excluding carboxylic acids is 2. The Morgan fingerprint density at radius 2 is 1.82 bits per heavy atom. The second kappa shape index (κ2) is 12.7. The lowest BCUT2D eigenvalue weighted by Gasteiger charge is -2.29. The van der Waals surface area contributed by atoms with Gasteiger partial charge in [-0.2, -0.15) is 0 Å². The van der Waals surface area contributed by atoms with Gasteiger partial charge in [-0.05, 0) is 43.5 Å². The number of esters is 1. The molecule has 38 heavy (non-hydrogen) atoms. The highest BCUT2D eigenvalue weighted by Gasteiger charge is 2.29. The molecule has 0 aliphatic heterocycles. The summed E-state index contributed by atoms with van der Waals surface area (Å²) >= 11 is 0. The van der Waals surface area contributed by atoms with Gasteiger partial charge in [0.15, 0.2) is 0 Å². The summed E-state index contributed by atoms with van der Waals surface area (Å²) < 4.78 is 6.57. The summed E-state index contributed by atoms with van der Waals surface area (Å²) in [5.41, 5.74) is 9.26. The van der Waals surface area contributed by atoms with Crippen molar-refractivity contribution < 1.29 is 14.3 Å². The molecule has 202 valence electrons. The molecule has 3 N–H and O–H groups in total. The Kier molecular flexibility index (Phi) is 9.63. The van der Waals surface area contributed by atoms with Crippen LogP contribution in [0.4, 0.5) is 5.69 Å². The van der Waals surface area contributed by atoms with Crippen LogP contribution >= 0.6 is 12.4 Å². The van der Waals surface area contributed by atoms with Crippen molar-refractivity contribution in [2.75, 3.05) is 11.5 Å². The Bertz CT molecular complexity index is 1380. The van der Waals surface area contributed by atoms with Crippen molar-refractivity contribution >= 4 is 46.8 Å². The molecule has 0 saturated heterocycles. The number of ether oxygens (including phenoxy) is 1. The van der Waals surface area contributed by atoms with Gasteiger partial charge in [0, 0.05) is 37.2 Å². The van der Waals surface area contributed by atoms with E-state index in [0.29, 0.717) is 28.7 Å². The van der Waals surface area contributed by atoms with Crippen LogP contribution < -0.4 is 16.2 Å². The van der Waals surface area contributed by atoms with Crippen molar-refractivity contribution in [3.8, 4) is 0 Å². The van der Waals surface area contributed by atoms with Gasteiger partial charge in [0.2, 0.25) is 5.91 Å². The summed E-state index contributed by atoms with van der Waals surface area (Å²) in [5, 5.41) is 7.55. The number of aromatic nitrogens is 2. The second-order valence-electron chi connectivity index (χ2n) is 9.39. The van der Waals surface area contributed by atoms with Crippen molar-refractivity contribution in [1.29, 1.82) is 5.41 Å². The number of nitrogens with zero attached hydrogens (tertiary/aromatic N) is 3. The quantitative estimate of drug-likeness (QED) is 0.241. The molecule has 1 aromatic heterocycles. The van der Waals surface area contributed by atoms with E-state index in [4.69, 9.17) is 20.9 Å². The van der Waals surface area contributed by atoms with Gasteiger partial charge in [0.1, 0.15) is 11.5 Å². The highest BCUT2D eigenvalue weighted by atomic mass is 35.5. The third-order valence-corrected chi connectivity index (χ3v) is 6.85. The van der Waals surface area contributed by atoms with E-state index in [1.54, 1.807) is 35.6 Å². The van der Waals surface area contributed by atoms with E-state index < -0.39 is 0 Å². The third kappa shape index (κ3) is 6.39. The van der Waals surface area contributed by atoms with E-state index in [-0.39, 0.29) is 61.2 Å². The maximum Gasteiger partial charge on any atom is 0.306 e. The van der Waals surface area contributed by atoms with Gasteiger partial charge in [0.05, 0.1) is 24.1 Å². The second-order valence-corrected chi connectivity index (χ2v) is 9.39. The van der Waals surface area contributed by atoms with E-state index >= 15 is 0 Å². The molecule has 3 aromatic rings. The van der Waals surface area contributed by atoms with Gasteiger partial charge in [-0.3, -0.25) is 19.8 Å². The predicted molar refractivity (Wildman–Crippen MR) is 150 cm³/mol. The number of nitrogens with one attached hydrogen (secondary N) is 1. The Morgan fingerprint density at radius 1 is 1.13 bits per heavy atom. The molecule has 1 aliphatic carbocycles. The van der Waals surface area contributed by atoms with Gasteiger partial charge >= 0.3 is 5.97 Å². The summed E-state index contributed by atoms with van der Waals surface area (Å²) in [6, 6.07) is 12.8. The summed E-state index contributed by atoms with van der Waals surface area (Å²) in [5.74, 6) is -0.504. The van der Waals surface area contributed by atoms with Crippen LogP contribution in [-0.4, -0.2) is 39.9 Å². The monoisotopic (exact) mass is 539 g/mol. The Balaban J connectivity index is 0.00000400. The molecule has 0 spiro atoms. The largest absolute Gasteiger partial charge is 0.466 e. The molecule has 0 bridgehead atoms. The van der Waals surface area contributed by atoms with Crippen LogP contribution in [0, 0.1) is 5.41 Å². The average molecular weight is 540 g/mol. The van der Waals surface area contributed by atoms with Gasteiger partial charge in [-0.25, -0.2) is 4.98 Å². The van der Waals surface area contributed by atoms with E-state index in [1.165, 1.54) is 0 Å². The van der Waals surface area contributed by atoms with Crippen molar-refractivity contribution in [3.05, 3.63) is 69.6 Å². The molecule has 1 amide bonds. The van der Waals surface area contributed by atoms with Crippen LogP contribution in [0.15, 0.2) is 47.3 Å². The third-order valence-electron chi connectivity index (χ3n) is 6.85. The molecule has 1 heterocycles. The molecule has 2 aromatic carbocycles. The van der Waals surface area contributed by atoms with Crippen LogP contribution in [0.3, 0.4) is 0 Å². The topological polar surface area (TPSA) is 131 Å². The molecular weight excluding hydrogens is 506 g/mol. The minimum Gasteiger partial charge on any atom is -0.466 e. The van der Waals surface area contributed by atoms with Crippen molar-refractivity contribution in [2.45, 2.75) is 57.9 Å². The van der Waals surface area contributed by atoms with Crippen LogP contribution in [0.1, 0.15) is 62.3 Å². The van der Waals surface area contributed by atoms with Crippen LogP contribution in [0.25, 0.3) is 11.0 Å². The lowest BCUT2D eigenvalue weighted by Crippen LogP contribution is -2.39. The molecule has 0 radical (unpaired) electrons. The summed E-state index contributed by atoms with van der Waals surface area (Å²) in [7, 11) is 1.72. The lowest BCUT2D eigenvalue weighted by atomic mass is 10.1. The fourth-order valence-corrected chi connectivity index (χ4v) is 4.93. The number of rotatable bonds is 9. The SMILES string of the molecule is CCOC(=O)CCC(=O)N(c1ccc2c(c1)nc(Cc1ccc(C(=N)N)cc1)c(=O)n2C)C1CCCC1.Cl. The number of hydrogen-bond donors (Lipinski definition) is 2. The number of benzene rings is 2. The molecule has 0 unspecified atom stereocenters. The van der Waals surface area contributed by atoms with E-state index in [9.17, 15) is 14.4 Å². The number of nitrogen functional groups attached to an aromatic ring is 1. The average Bonchev–Trinajstić information content (AvgIpc) is 3.41. The van der Waals surface area contributed by atoms with Gasteiger partial charge < -0.3 is 19.9 Å². The highest BCUT2D eigenvalue weighted by Crippen LogP contribution is 2.31. The number of amidine groups is 1. The van der Waals surface area contributed by atoms with E-state index in [1.807, 2.05) is 30.3 Å². The molecule has 1 fully saturated rings. The van der Waals surface area contributed by atoms with Crippen molar-refractivity contribution in [1.82, 2.24) is 9.55 Å². The number of anilines is 1. The number of halogens is 1. The first-order chi connectivity index (χ1) is 17.8. The zero-order valence-corrected chi connectivity index (χ0v) is 22.6. The number of nitrogens with two attached hydrogens (primary N) is 1. The molecule has 0 atom stereocenters. The Morgan fingerprint density at radius 3 is 2.45 bits per heavy atom. The first-order valence-corrected chi connectivity index (χ1v) is 12.7. The normalized spacial score (nSPS) is 13.2. The Hall–Kier alpha value is -3.72. The van der Waals surface area contributed by atoms with Gasteiger partial charge in [-0.1, -0.05) is 37.1 Å². The summed E-state index contributed by atoms with van der Waals surface area (Å²) in [6.07, 6.45) is 4.38. The van der Waals surface area contributed by atoms with Crippen molar-refractivity contribution in [3.63, 3.8) is 0 Å². The smallest absolute Gasteiger partial charge is 0.306 e. The lowest BCUT2D eigenvalue weighted by molar-refractivity contribution is -0.144. The van der Waals surface area contributed by atoms with Gasteiger partial charge in [-0.15, -0.1) is 12.4 Å². The van der Waals surface area contributed by atoms with E-state index in [2.05, 4.69) is 0 Å². The van der Waals surface area contributed by atoms with Crippen LogP contribution in [-0.2, 0) is 27.8 Å². The number of hydrogen-bond acceptors (Lipinski definition) is 6.